The average Bonchev–Trinajstić information content (AvgIpc) is 2.47. The zero-order chi connectivity index (χ0) is 13.7. The Labute approximate surface area is 127 Å². The van der Waals surface area contributed by atoms with Crippen molar-refractivity contribution < 1.29 is 0 Å². The van der Waals surface area contributed by atoms with Gasteiger partial charge in [0.25, 0.3) is 0 Å². The normalized spacial score (nSPS) is 12.4. The zero-order valence-corrected chi connectivity index (χ0v) is 13.6. The summed E-state index contributed by atoms with van der Waals surface area (Å²) < 4.78 is 1.18. The minimum Gasteiger partial charge on any atom is -0.313 e. The third kappa shape index (κ3) is 3.85. The number of thioether (sulfide) groups is 1. The quantitative estimate of drug-likeness (QED) is 0.796. The van der Waals surface area contributed by atoms with Crippen molar-refractivity contribution in [3.63, 3.8) is 0 Å². The van der Waals surface area contributed by atoms with Crippen molar-refractivity contribution in [2.45, 2.75) is 17.4 Å². The number of likely N-dealkylation sites (N-methyl/N-ethyl adjacent to an activating group) is 1. The topological polar surface area (TPSA) is 12.0 Å². The molecule has 1 atom stereocenters. The molecule has 0 saturated heterocycles. The Morgan fingerprint density at radius 3 is 2.37 bits per heavy atom. The SMILES string of the molecule is CNC(Cc1ccccc1Br)c1ccc(SC)cc1. The van der Waals surface area contributed by atoms with Crippen LogP contribution < -0.4 is 5.32 Å². The van der Waals surface area contributed by atoms with E-state index in [1.165, 1.54) is 20.5 Å². The largest absolute Gasteiger partial charge is 0.313 e. The molecular weight excluding hydrogens is 318 g/mol. The highest BCUT2D eigenvalue weighted by atomic mass is 79.9. The predicted octanol–water partition coefficient (Wildman–Crippen LogP) is 4.67. The standard InChI is InChI=1S/C16H18BrNS/c1-18-16(11-13-5-3-4-6-15(13)17)12-7-9-14(19-2)10-8-12/h3-10,16,18H,11H2,1-2H3. The van der Waals surface area contributed by atoms with Gasteiger partial charge in [0.2, 0.25) is 0 Å². The third-order valence-corrected chi connectivity index (χ3v) is 4.77. The predicted molar refractivity (Wildman–Crippen MR) is 87.9 cm³/mol. The summed E-state index contributed by atoms with van der Waals surface area (Å²) in [5.41, 5.74) is 2.66. The van der Waals surface area contributed by atoms with Gasteiger partial charge in [-0.1, -0.05) is 46.3 Å². The third-order valence-electron chi connectivity index (χ3n) is 3.25. The first kappa shape index (κ1) is 14.6. The van der Waals surface area contributed by atoms with Crippen molar-refractivity contribution in [2.75, 3.05) is 13.3 Å². The second kappa shape index (κ2) is 7.13. The fraction of sp³-hybridized carbons (Fsp3) is 0.250. The van der Waals surface area contributed by atoms with Crippen LogP contribution in [0.4, 0.5) is 0 Å². The van der Waals surface area contributed by atoms with Gasteiger partial charge < -0.3 is 5.32 Å². The summed E-state index contributed by atoms with van der Waals surface area (Å²) in [6, 6.07) is 17.5. The summed E-state index contributed by atoms with van der Waals surface area (Å²) in [5.74, 6) is 0. The molecule has 1 N–H and O–H groups in total. The van der Waals surface area contributed by atoms with Crippen molar-refractivity contribution in [2.24, 2.45) is 0 Å². The van der Waals surface area contributed by atoms with E-state index >= 15 is 0 Å². The Morgan fingerprint density at radius 2 is 1.79 bits per heavy atom. The molecule has 0 aliphatic rings. The highest BCUT2D eigenvalue weighted by Crippen LogP contribution is 2.25. The Balaban J connectivity index is 2.17. The molecule has 0 aliphatic heterocycles. The molecule has 0 heterocycles. The molecule has 0 fully saturated rings. The summed E-state index contributed by atoms with van der Waals surface area (Å²) in [4.78, 5) is 1.31. The lowest BCUT2D eigenvalue weighted by Gasteiger charge is -2.18. The first-order valence-corrected chi connectivity index (χ1v) is 8.31. The van der Waals surface area contributed by atoms with E-state index in [9.17, 15) is 0 Å². The first-order chi connectivity index (χ1) is 9.24. The highest BCUT2D eigenvalue weighted by Gasteiger charge is 2.11. The van der Waals surface area contributed by atoms with Crippen LogP contribution in [-0.2, 0) is 6.42 Å². The summed E-state index contributed by atoms with van der Waals surface area (Å²) in [6.07, 6.45) is 3.09. The van der Waals surface area contributed by atoms with E-state index in [2.05, 4.69) is 76.0 Å². The molecule has 0 aromatic heterocycles. The summed E-state index contributed by atoms with van der Waals surface area (Å²) in [7, 11) is 2.02. The molecule has 2 rings (SSSR count). The second-order valence-corrected chi connectivity index (χ2v) is 6.14. The fourth-order valence-corrected chi connectivity index (χ4v) is 2.96. The molecule has 0 spiro atoms. The number of nitrogens with one attached hydrogen (secondary N) is 1. The van der Waals surface area contributed by atoms with Crippen LogP contribution in [0.3, 0.4) is 0 Å². The zero-order valence-electron chi connectivity index (χ0n) is 11.2. The second-order valence-electron chi connectivity index (χ2n) is 4.41. The average molecular weight is 336 g/mol. The van der Waals surface area contributed by atoms with Crippen molar-refractivity contribution in [1.82, 2.24) is 5.32 Å². The molecule has 0 amide bonds. The summed E-state index contributed by atoms with van der Waals surface area (Å²) in [5, 5.41) is 3.40. The molecule has 2 aromatic carbocycles. The molecule has 0 radical (unpaired) electrons. The van der Waals surface area contributed by atoms with Gasteiger partial charge in [-0.05, 0) is 49.1 Å². The Hall–Kier alpha value is -0.770. The molecule has 1 nitrogen and oxygen atoms in total. The number of halogens is 1. The Bertz CT molecular complexity index is 525. The lowest BCUT2D eigenvalue weighted by molar-refractivity contribution is 0.590. The molecule has 1 unspecified atom stereocenters. The molecule has 2 aromatic rings. The maximum absolute atomic E-state index is 3.62. The van der Waals surface area contributed by atoms with Crippen LogP contribution in [0.25, 0.3) is 0 Å². The Kier molecular flexibility index (Phi) is 5.49. The van der Waals surface area contributed by atoms with Crippen molar-refractivity contribution in [1.29, 1.82) is 0 Å². The van der Waals surface area contributed by atoms with E-state index in [1.807, 2.05) is 7.05 Å². The van der Waals surface area contributed by atoms with E-state index in [4.69, 9.17) is 0 Å². The number of hydrogen-bond donors (Lipinski definition) is 1. The minimum absolute atomic E-state index is 0.342. The van der Waals surface area contributed by atoms with Crippen LogP contribution in [0.15, 0.2) is 57.9 Å². The fourth-order valence-electron chi connectivity index (χ4n) is 2.11. The van der Waals surface area contributed by atoms with Gasteiger partial charge in [-0.3, -0.25) is 0 Å². The van der Waals surface area contributed by atoms with Crippen LogP contribution >= 0.6 is 27.7 Å². The number of rotatable bonds is 5. The van der Waals surface area contributed by atoms with E-state index in [0.29, 0.717) is 6.04 Å². The molecule has 3 heteroatoms. The van der Waals surface area contributed by atoms with Gasteiger partial charge in [0.05, 0.1) is 0 Å². The number of benzene rings is 2. The molecule has 0 bridgehead atoms. The van der Waals surface area contributed by atoms with Crippen LogP contribution in [-0.4, -0.2) is 13.3 Å². The van der Waals surface area contributed by atoms with Gasteiger partial charge >= 0.3 is 0 Å². The van der Waals surface area contributed by atoms with Crippen molar-refractivity contribution in [3.05, 3.63) is 64.1 Å². The molecule has 0 saturated carbocycles. The maximum atomic E-state index is 3.62. The number of hydrogen-bond acceptors (Lipinski definition) is 2. The summed E-state index contributed by atoms with van der Waals surface area (Å²) >= 11 is 5.39. The van der Waals surface area contributed by atoms with Crippen molar-refractivity contribution in [3.8, 4) is 0 Å². The minimum atomic E-state index is 0.342. The molecule has 0 aliphatic carbocycles. The van der Waals surface area contributed by atoms with Crippen LogP contribution in [0.1, 0.15) is 17.2 Å². The van der Waals surface area contributed by atoms with Crippen LogP contribution in [0.5, 0.6) is 0 Å². The van der Waals surface area contributed by atoms with E-state index in [1.54, 1.807) is 11.8 Å². The smallest absolute Gasteiger partial charge is 0.0358 e. The van der Waals surface area contributed by atoms with Gasteiger partial charge in [0.1, 0.15) is 0 Å². The van der Waals surface area contributed by atoms with E-state index in [0.717, 1.165) is 6.42 Å². The van der Waals surface area contributed by atoms with Gasteiger partial charge in [0.15, 0.2) is 0 Å². The highest BCUT2D eigenvalue weighted by molar-refractivity contribution is 9.10. The molecular formula is C16H18BrNS. The van der Waals surface area contributed by atoms with Crippen molar-refractivity contribution >= 4 is 27.7 Å². The van der Waals surface area contributed by atoms with E-state index < -0.39 is 0 Å². The summed E-state index contributed by atoms with van der Waals surface area (Å²) in [6.45, 7) is 0. The van der Waals surface area contributed by atoms with Gasteiger partial charge in [0, 0.05) is 15.4 Å². The maximum Gasteiger partial charge on any atom is 0.0358 e. The molecule has 100 valence electrons. The van der Waals surface area contributed by atoms with Gasteiger partial charge in [-0.25, -0.2) is 0 Å². The Morgan fingerprint density at radius 1 is 1.11 bits per heavy atom. The van der Waals surface area contributed by atoms with E-state index in [-0.39, 0.29) is 0 Å². The first-order valence-electron chi connectivity index (χ1n) is 6.29. The lowest BCUT2D eigenvalue weighted by Crippen LogP contribution is -2.18. The van der Waals surface area contributed by atoms with Crippen LogP contribution in [0, 0.1) is 0 Å². The van der Waals surface area contributed by atoms with Gasteiger partial charge in [-0.2, -0.15) is 0 Å². The monoisotopic (exact) mass is 335 g/mol. The van der Waals surface area contributed by atoms with Gasteiger partial charge in [-0.15, -0.1) is 11.8 Å². The lowest BCUT2D eigenvalue weighted by atomic mass is 9.99. The molecule has 19 heavy (non-hydrogen) atoms. The van der Waals surface area contributed by atoms with Crippen LogP contribution in [0.2, 0.25) is 0 Å².